The topological polar surface area (TPSA) is 95.5 Å². The van der Waals surface area contributed by atoms with Gasteiger partial charge in [-0.2, -0.15) is 31.6 Å². The van der Waals surface area contributed by atoms with Crippen LogP contribution in [0.15, 0.2) is 23.2 Å². The molecule has 1 aromatic carbocycles. The van der Waals surface area contributed by atoms with Gasteiger partial charge < -0.3 is 0 Å². The molecule has 27 heavy (non-hydrogen) atoms. The fourth-order valence-electron chi connectivity index (χ4n) is 2.07. The Morgan fingerprint density at radius 1 is 1.22 bits per heavy atom. The van der Waals surface area contributed by atoms with Gasteiger partial charge in [-0.25, -0.2) is 10.4 Å². The van der Waals surface area contributed by atoms with E-state index in [0.717, 1.165) is 19.2 Å². The number of hydroxylamine groups is 1. The minimum atomic E-state index is -4.81. The smallest absolute Gasteiger partial charge is 0.278 e. The van der Waals surface area contributed by atoms with Gasteiger partial charge in [0.05, 0.1) is 35.5 Å². The van der Waals surface area contributed by atoms with Crippen LogP contribution in [-0.2, 0) is 11.0 Å². The van der Waals surface area contributed by atoms with Crippen LogP contribution in [0, 0.1) is 11.3 Å². The summed E-state index contributed by atoms with van der Waals surface area (Å²) in [7, 11) is 1.15. The lowest BCUT2D eigenvalue weighted by Crippen LogP contribution is -2.57. The Morgan fingerprint density at radius 2 is 1.85 bits per heavy atom. The van der Waals surface area contributed by atoms with Gasteiger partial charge in [0, 0.05) is 6.42 Å². The van der Waals surface area contributed by atoms with E-state index in [9.17, 15) is 26.3 Å². The van der Waals surface area contributed by atoms with E-state index in [0.29, 0.717) is 6.07 Å². The van der Waals surface area contributed by atoms with Gasteiger partial charge in [0.1, 0.15) is 5.84 Å². The lowest BCUT2D eigenvalue weighted by molar-refractivity contribution is -0.138. The maximum absolute atomic E-state index is 13.1. The minimum Gasteiger partial charge on any atom is -0.278 e. The molecule has 1 aromatic rings. The predicted octanol–water partition coefficient (Wildman–Crippen LogP) is 3.32. The molecule has 0 aliphatic heterocycles. The Hall–Kier alpha value is -2.36. The third kappa shape index (κ3) is 6.38. The number of halogens is 6. The van der Waals surface area contributed by atoms with Crippen LogP contribution in [0.25, 0.3) is 0 Å². The summed E-state index contributed by atoms with van der Waals surface area (Å²) in [6.07, 6.45) is -11.1. The molecule has 0 saturated heterocycles. The molecule has 0 amide bonds. The molecule has 1 atom stereocenters. The molecule has 12 heteroatoms. The molecule has 0 aliphatic rings. The Labute approximate surface area is 150 Å². The van der Waals surface area contributed by atoms with Crippen LogP contribution in [-0.4, -0.2) is 24.7 Å². The quantitative estimate of drug-likeness (QED) is 0.225. The van der Waals surface area contributed by atoms with Crippen LogP contribution < -0.4 is 16.7 Å². The second-order valence-corrected chi connectivity index (χ2v) is 5.70. The van der Waals surface area contributed by atoms with E-state index in [1.54, 1.807) is 0 Å². The summed E-state index contributed by atoms with van der Waals surface area (Å²) >= 11 is 0. The largest absolute Gasteiger partial charge is 0.417 e. The number of alkyl halides is 6. The van der Waals surface area contributed by atoms with Crippen molar-refractivity contribution in [3.8, 4) is 6.07 Å². The first-order chi connectivity index (χ1) is 12.4. The molecule has 4 N–H and O–H groups in total. The maximum Gasteiger partial charge on any atom is 0.417 e. The highest BCUT2D eigenvalue weighted by atomic mass is 19.4. The first kappa shape index (κ1) is 22.7. The number of aliphatic imine (C=N–C) groups is 1. The van der Waals surface area contributed by atoms with Gasteiger partial charge in [0.2, 0.25) is 0 Å². The summed E-state index contributed by atoms with van der Waals surface area (Å²) in [6.45, 7) is 1.28. The minimum absolute atomic E-state index is 0.255. The van der Waals surface area contributed by atoms with Crippen molar-refractivity contribution in [1.29, 1.82) is 5.26 Å². The number of hydrogen-bond acceptors (Lipinski definition) is 5. The van der Waals surface area contributed by atoms with E-state index in [2.05, 4.69) is 20.7 Å². The summed E-state index contributed by atoms with van der Waals surface area (Å²) in [5.41, 5.74) is 0.741. The summed E-state index contributed by atoms with van der Waals surface area (Å²) in [5.74, 6) is 5.08. The van der Waals surface area contributed by atoms with E-state index in [-0.39, 0.29) is 11.5 Å². The van der Waals surface area contributed by atoms with Gasteiger partial charge in [0.25, 0.3) is 0 Å². The number of rotatable bonds is 6. The molecular weight excluding hydrogens is 380 g/mol. The van der Waals surface area contributed by atoms with Crippen molar-refractivity contribution < 1.29 is 31.2 Å². The van der Waals surface area contributed by atoms with Crippen molar-refractivity contribution in [1.82, 2.24) is 10.9 Å². The number of amidine groups is 1. The van der Waals surface area contributed by atoms with Gasteiger partial charge in [-0.05, 0) is 31.5 Å². The molecular formula is C15H17F6N5O. The molecule has 6 nitrogen and oxygen atoms in total. The highest BCUT2D eigenvalue weighted by Crippen LogP contribution is 2.34. The van der Waals surface area contributed by atoms with E-state index in [1.807, 2.05) is 0 Å². The fraction of sp³-hybridized carbons (Fsp3) is 0.467. The first-order valence-electron chi connectivity index (χ1n) is 7.40. The molecule has 0 spiro atoms. The molecule has 1 rings (SSSR count). The second-order valence-electron chi connectivity index (χ2n) is 5.70. The van der Waals surface area contributed by atoms with Crippen LogP contribution >= 0.6 is 0 Å². The molecule has 0 fully saturated rings. The summed E-state index contributed by atoms with van der Waals surface area (Å²) < 4.78 is 76.8. The maximum atomic E-state index is 13.1. The van der Waals surface area contributed by atoms with Gasteiger partial charge in [-0.3, -0.25) is 16.2 Å². The Morgan fingerprint density at radius 3 is 2.30 bits per heavy atom. The van der Waals surface area contributed by atoms with Crippen molar-refractivity contribution in [2.45, 2.75) is 37.7 Å². The first-order valence-corrected chi connectivity index (χ1v) is 7.40. The van der Waals surface area contributed by atoms with Crippen molar-refractivity contribution >= 4 is 11.5 Å². The van der Waals surface area contributed by atoms with Crippen molar-refractivity contribution in [2.75, 3.05) is 7.11 Å². The van der Waals surface area contributed by atoms with E-state index in [1.165, 1.54) is 13.0 Å². The summed E-state index contributed by atoms with van der Waals surface area (Å²) in [5, 5.41) is 8.80. The van der Waals surface area contributed by atoms with E-state index in [4.69, 9.17) is 11.1 Å². The molecule has 0 bridgehead atoms. The van der Waals surface area contributed by atoms with Crippen LogP contribution in [0.2, 0.25) is 0 Å². The fourth-order valence-corrected chi connectivity index (χ4v) is 2.07. The van der Waals surface area contributed by atoms with Gasteiger partial charge in [0.15, 0.2) is 0 Å². The van der Waals surface area contributed by atoms with Crippen LogP contribution in [0.5, 0.6) is 0 Å². The van der Waals surface area contributed by atoms with Crippen molar-refractivity contribution in [3.05, 3.63) is 29.3 Å². The number of hydrogen-bond donors (Lipinski definition) is 3. The predicted molar refractivity (Wildman–Crippen MR) is 84.4 cm³/mol. The monoisotopic (exact) mass is 397 g/mol. The molecule has 150 valence electrons. The number of nitrogens with zero attached hydrogens (tertiary/aromatic N) is 2. The van der Waals surface area contributed by atoms with Crippen molar-refractivity contribution in [3.63, 3.8) is 0 Å². The zero-order valence-electron chi connectivity index (χ0n) is 14.3. The normalized spacial score (nSPS) is 15.2. The average molecular weight is 397 g/mol. The van der Waals surface area contributed by atoms with E-state index >= 15 is 0 Å². The SMILES string of the molecule is CONC(=Nc1ccc(C#N)c(C(F)(F)F)c1)C(C)(CCC(F)(F)F)NN. The highest BCUT2D eigenvalue weighted by Gasteiger charge is 2.37. The molecule has 0 radical (unpaired) electrons. The molecule has 1 unspecified atom stereocenters. The van der Waals surface area contributed by atoms with Crippen LogP contribution in [0.4, 0.5) is 32.0 Å². The highest BCUT2D eigenvalue weighted by molar-refractivity contribution is 5.92. The number of benzene rings is 1. The second kappa shape index (κ2) is 8.55. The third-order valence-corrected chi connectivity index (χ3v) is 3.62. The number of nitriles is 1. The Bertz CT molecular complexity index is 725. The standard InChI is InChI=1S/C15H17F6N5O/c1-13(26-23,5-6-14(16,17)18)12(25-27-2)24-10-4-3-9(8-22)11(7-10)15(19,20)21/h3-4,7,26H,5-6,23H2,1-2H3,(H,24,25). The summed E-state index contributed by atoms with van der Waals surface area (Å²) in [4.78, 5) is 8.57. The number of nitrogens with two attached hydrogens (primary N) is 1. The van der Waals surface area contributed by atoms with E-state index < -0.39 is 41.9 Å². The lowest BCUT2D eigenvalue weighted by Gasteiger charge is -2.30. The molecule has 0 aromatic heterocycles. The summed E-state index contributed by atoms with van der Waals surface area (Å²) in [6, 6.07) is 4.06. The zero-order chi connectivity index (χ0) is 20.9. The van der Waals surface area contributed by atoms with Gasteiger partial charge >= 0.3 is 12.4 Å². The molecule has 0 heterocycles. The Balaban J connectivity index is 3.37. The lowest BCUT2D eigenvalue weighted by atomic mass is 9.94. The van der Waals surface area contributed by atoms with Crippen molar-refractivity contribution in [2.24, 2.45) is 10.8 Å². The number of hydrazine groups is 1. The van der Waals surface area contributed by atoms with Crippen LogP contribution in [0.3, 0.4) is 0 Å². The zero-order valence-corrected chi connectivity index (χ0v) is 14.3. The molecule has 0 aliphatic carbocycles. The van der Waals surface area contributed by atoms with Gasteiger partial charge in [-0.15, -0.1) is 0 Å². The average Bonchev–Trinajstić information content (AvgIpc) is 2.58. The Kier molecular flexibility index (Phi) is 7.18. The molecule has 0 saturated carbocycles. The van der Waals surface area contributed by atoms with Crippen LogP contribution in [0.1, 0.15) is 30.9 Å². The third-order valence-electron chi connectivity index (χ3n) is 3.62. The van der Waals surface area contributed by atoms with Gasteiger partial charge in [-0.1, -0.05) is 0 Å². The number of nitrogens with one attached hydrogen (secondary N) is 2.